The lowest BCUT2D eigenvalue weighted by Gasteiger charge is -2.39. The number of carbonyl (C=O) groups is 2. The van der Waals surface area contributed by atoms with Gasteiger partial charge in [-0.2, -0.15) is 0 Å². The Morgan fingerprint density at radius 3 is 2.29 bits per heavy atom. The van der Waals surface area contributed by atoms with Gasteiger partial charge in [-0.15, -0.1) is 0 Å². The molecule has 4 aromatic rings. The van der Waals surface area contributed by atoms with Crippen molar-refractivity contribution in [2.75, 3.05) is 18.6 Å². The molecule has 192 valence electrons. The number of amides is 2. The minimum atomic E-state index is -0.321. The standard InChI is InChI=1S/C32H31N3O3/c1-38-26-18-14-24(15-19-26)32-29-12-7-21-33(29)27-10-5-6-11-28(27)35(32)31(37)22-34(25-16-17-25)30(36)20-13-23-8-3-2-4-9-23/h2-12,14-15,18-19,21,25,32H,13,16-17,20,22H2,1H3. The fourth-order valence-electron chi connectivity index (χ4n) is 5.43. The topological polar surface area (TPSA) is 54.8 Å². The van der Waals surface area contributed by atoms with Crippen molar-refractivity contribution in [3.8, 4) is 11.4 Å². The SMILES string of the molecule is COc1ccc(C2c3cccn3-c3ccccc3N2C(=O)CN(C(=O)CCc2ccccc2)C2CC2)cc1. The first-order chi connectivity index (χ1) is 18.6. The first-order valence-electron chi connectivity index (χ1n) is 13.2. The zero-order valence-corrected chi connectivity index (χ0v) is 21.5. The summed E-state index contributed by atoms with van der Waals surface area (Å²) in [6.45, 7) is 0.0694. The van der Waals surface area contributed by atoms with Gasteiger partial charge in [-0.3, -0.25) is 14.5 Å². The molecule has 2 amide bonds. The molecular weight excluding hydrogens is 474 g/mol. The summed E-state index contributed by atoms with van der Waals surface area (Å²) in [6, 6.07) is 29.8. The van der Waals surface area contributed by atoms with Crippen LogP contribution < -0.4 is 9.64 Å². The van der Waals surface area contributed by atoms with Crippen LogP contribution in [0.5, 0.6) is 5.75 Å². The number of hydrogen-bond acceptors (Lipinski definition) is 3. The van der Waals surface area contributed by atoms with Crippen LogP contribution in [-0.4, -0.2) is 41.0 Å². The van der Waals surface area contributed by atoms with E-state index in [0.717, 1.165) is 46.8 Å². The lowest BCUT2D eigenvalue weighted by Crippen LogP contribution is -2.47. The number of hydrogen-bond donors (Lipinski definition) is 0. The van der Waals surface area contributed by atoms with E-state index in [2.05, 4.69) is 10.6 Å². The van der Waals surface area contributed by atoms with Crippen LogP contribution in [0.2, 0.25) is 0 Å². The molecule has 1 atom stereocenters. The van der Waals surface area contributed by atoms with Crippen LogP contribution in [0.1, 0.15) is 42.1 Å². The molecule has 0 saturated heterocycles. The van der Waals surface area contributed by atoms with E-state index in [4.69, 9.17) is 4.74 Å². The first-order valence-corrected chi connectivity index (χ1v) is 13.2. The molecule has 6 heteroatoms. The number of aryl methyl sites for hydroxylation is 1. The summed E-state index contributed by atoms with van der Waals surface area (Å²) in [7, 11) is 1.65. The largest absolute Gasteiger partial charge is 0.497 e. The summed E-state index contributed by atoms with van der Waals surface area (Å²) in [5, 5.41) is 0. The summed E-state index contributed by atoms with van der Waals surface area (Å²) in [4.78, 5) is 31.3. The number of aromatic nitrogens is 1. The van der Waals surface area contributed by atoms with E-state index in [1.807, 2.05) is 101 Å². The number of benzene rings is 3. The van der Waals surface area contributed by atoms with Gasteiger partial charge in [0, 0.05) is 18.7 Å². The van der Waals surface area contributed by atoms with E-state index < -0.39 is 0 Å². The fourth-order valence-corrected chi connectivity index (χ4v) is 5.43. The lowest BCUT2D eigenvalue weighted by molar-refractivity contribution is -0.136. The molecule has 2 aliphatic rings. The highest BCUT2D eigenvalue weighted by atomic mass is 16.5. The number of nitrogens with zero attached hydrogens (tertiary/aromatic N) is 3. The third-order valence-corrected chi connectivity index (χ3v) is 7.50. The van der Waals surface area contributed by atoms with Gasteiger partial charge in [0.25, 0.3) is 0 Å². The molecule has 0 N–H and O–H groups in total. The maximum atomic E-state index is 14.2. The molecule has 0 bridgehead atoms. The van der Waals surface area contributed by atoms with Crippen molar-refractivity contribution < 1.29 is 14.3 Å². The maximum Gasteiger partial charge on any atom is 0.247 e. The number of anilines is 1. The summed E-state index contributed by atoms with van der Waals surface area (Å²) in [5.74, 6) is 0.729. The molecule has 0 radical (unpaired) electrons. The zero-order valence-electron chi connectivity index (χ0n) is 21.5. The van der Waals surface area contributed by atoms with E-state index in [1.165, 1.54) is 0 Å². The Hall–Kier alpha value is -4.32. The lowest BCUT2D eigenvalue weighted by atomic mass is 9.97. The van der Waals surface area contributed by atoms with E-state index in [1.54, 1.807) is 7.11 Å². The van der Waals surface area contributed by atoms with E-state index in [0.29, 0.717) is 12.8 Å². The van der Waals surface area contributed by atoms with Crippen molar-refractivity contribution >= 4 is 17.5 Å². The molecule has 3 aromatic carbocycles. The molecule has 1 aromatic heterocycles. The Morgan fingerprint density at radius 2 is 1.58 bits per heavy atom. The van der Waals surface area contributed by atoms with Gasteiger partial charge in [0.15, 0.2) is 0 Å². The average molecular weight is 506 g/mol. The number of rotatable bonds is 8. The summed E-state index contributed by atoms with van der Waals surface area (Å²) < 4.78 is 7.53. The molecule has 6 nitrogen and oxygen atoms in total. The Labute approximate surface area is 223 Å². The van der Waals surface area contributed by atoms with Gasteiger partial charge in [-0.1, -0.05) is 54.6 Å². The minimum absolute atomic E-state index is 0.0411. The molecule has 1 fully saturated rings. The molecule has 1 saturated carbocycles. The molecule has 6 rings (SSSR count). The molecule has 38 heavy (non-hydrogen) atoms. The molecule has 1 aliphatic carbocycles. The van der Waals surface area contributed by atoms with Crippen molar-refractivity contribution in [2.24, 2.45) is 0 Å². The predicted molar refractivity (Wildman–Crippen MR) is 148 cm³/mol. The molecule has 1 aliphatic heterocycles. The highest BCUT2D eigenvalue weighted by Crippen LogP contribution is 2.43. The Bertz CT molecular complexity index is 1440. The van der Waals surface area contributed by atoms with Gasteiger partial charge in [0.1, 0.15) is 18.3 Å². The number of methoxy groups -OCH3 is 1. The molecular formula is C32H31N3O3. The van der Waals surface area contributed by atoms with E-state index >= 15 is 0 Å². The van der Waals surface area contributed by atoms with Crippen molar-refractivity contribution in [3.63, 3.8) is 0 Å². The van der Waals surface area contributed by atoms with Gasteiger partial charge < -0.3 is 14.2 Å². The molecule has 1 unspecified atom stereocenters. The molecule has 2 heterocycles. The number of carbonyl (C=O) groups excluding carboxylic acids is 2. The first kappa shape index (κ1) is 24.0. The van der Waals surface area contributed by atoms with E-state index in [9.17, 15) is 9.59 Å². The van der Waals surface area contributed by atoms with Crippen LogP contribution in [0.15, 0.2) is 97.2 Å². The van der Waals surface area contributed by atoms with Gasteiger partial charge in [0.05, 0.1) is 24.2 Å². The number of ether oxygens (including phenoxy) is 1. The highest BCUT2D eigenvalue weighted by Gasteiger charge is 2.39. The average Bonchev–Trinajstić information content (AvgIpc) is 3.69. The maximum absolute atomic E-state index is 14.2. The van der Waals surface area contributed by atoms with Crippen LogP contribution in [0.25, 0.3) is 5.69 Å². The second-order valence-corrected chi connectivity index (χ2v) is 9.97. The molecule has 0 spiro atoms. The number of para-hydroxylation sites is 2. The van der Waals surface area contributed by atoms with Gasteiger partial charge >= 0.3 is 0 Å². The van der Waals surface area contributed by atoms with Gasteiger partial charge in [-0.05, 0) is 66.8 Å². The normalized spacial score (nSPS) is 15.9. The number of fused-ring (bicyclic) bond motifs is 3. The summed E-state index contributed by atoms with van der Waals surface area (Å²) in [5.41, 5.74) is 4.93. The van der Waals surface area contributed by atoms with Crippen molar-refractivity contribution in [2.45, 2.75) is 37.8 Å². The Balaban J connectivity index is 1.32. The predicted octanol–water partition coefficient (Wildman–Crippen LogP) is 5.55. The van der Waals surface area contributed by atoms with Crippen LogP contribution in [0.3, 0.4) is 0 Å². The van der Waals surface area contributed by atoms with Crippen molar-refractivity contribution in [1.82, 2.24) is 9.47 Å². The van der Waals surface area contributed by atoms with Crippen LogP contribution in [0, 0.1) is 0 Å². The van der Waals surface area contributed by atoms with Gasteiger partial charge in [-0.25, -0.2) is 0 Å². The second kappa shape index (κ2) is 10.2. The van der Waals surface area contributed by atoms with Crippen LogP contribution in [0.4, 0.5) is 5.69 Å². The van der Waals surface area contributed by atoms with Gasteiger partial charge in [0.2, 0.25) is 11.8 Å². The zero-order chi connectivity index (χ0) is 26.1. The van der Waals surface area contributed by atoms with Crippen LogP contribution >= 0.6 is 0 Å². The Morgan fingerprint density at radius 1 is 0.868 bits per heavy atom. The summed E-state index contributed by atoms with van der Waals surface area (Å²) in [6.07, 6.45) is 5.01. The quantitative estimate of drug-likeness (QED) is 0.316. The van der Waals surface area contributed by atoms with E-state index in [-0.39, 0.29) is 30.4 Å². The minimum Gasteiger partial charge on any atom is -0.497 e. The Kier molecular flexibility index (Phi) is 6.46. The van der Waals surface area contributed by atoms with Crippen LogP contribution in [-0.2, 0) is 16.0 Å². The fraction of sp³-hybridized carbons (Fsp3) is 0.250. The third-order valence-electron chi connectivity index (χ3n) is 7.50. The highest BCUT2D eigenvalue weighted by molar-refractivity contribution is 6.00. The third kappa shape index (κ3) is 4.58. The summed E-state index contributed by atoms with van der Waals surface area (Å²) >= 11 is 0. The monoisotopic (exact) mass is 505 g/mol. The second-order valence-electron chi connectivity index (χ2n) is 9.97. The van der Waals surface area contributed by atoms with Crippen molar-refractivity contribution in [1.29, 1.82) is 0 Å². The smallest absolute Gasteiger partial charge is 0.247 e. The van der Waals surface area contributed by atoms with Crippen molar-refractivity contribution in [3.05, 3.63) is 114 Å².